The summed E-state index contributed by atoms with van der Waals surface area (Å²) in [5.41, 5.74) is 1.03. The van der Waals surface area contributed by atoms with E-state index in [1.807, 2.05) is 13.8 Å². The molecule has 1 amide bonds. The molecule has 0 aromatic heterocycles. The summed E-state index contributed by atoms with van der Waals surface area (Å²) >= 11 is 0. The van der Waals surface area contributed by atoms with Crippen molar-refractivity contribution in [3.63, 3.8) is 0 Å². The molecule has 2 fully saturated rings. The number of likely N-dealkylation sites (tertiary alicyclic amines) is 1. The molecule has 1 N–H and O–H groups in total. The maximum atomic E-state index is 11.6. The van der Waals surface area contributed by atoms with Crippen LogP contribution in [0.1, 0.15) is 33.1 Å². The Bertz CT molecular complexity index is 385. The zero-order valence-corrected chi connectivity index (χ0v) is 14.3. The summed E-state index contributed by atoms with van der Waals surface area (Å²) in [5, 5.41) is 2.94. The van der Waals surface area contributed by atoms with Gasteiger partial charge in [0, 0.05) is 31.8 Å². The molecule has 0 radical (unpaired) electrons. The van der Waals surface area contributed by atoms with E-state index >= 15 is 0 Å². The number of carbonyl (C=O) groups excluding carboxylic acids is 1. The van der Waals surface area contributed by atoms with Gasteiger partial charge in [0.2, 0.25) is 5.91 Å². The summed E-state index contributed by atoms with van der Waals surface area (Å²) in [5.74, 6) is 0.00276. The van der Waals surface area contributed by atoms with Gasteiger partial charge in [0.05, 0.1) is 12.7 Å². The first kappa shape index (κ1) is 17.4. The Labute approximate surface area is 134 Å². The largest absolute Gasteiger partial charge is 0.375 e. The lowest BCUT2D eigenvalue weighted by Crippen LogP contribution is -2.51. The van der Waals surface area contributed by atoms with E-state index < -0.39 is 0 Å². The molecule has 0 bridgehead atoms. The standard InChI is InChI=1S/C17H31N3O2/c1-14(2)12-17(21)18-7-4-16-13-20(10-11-22-16)15-5-8-19(3)9-6-15/h12,15-16H,4-11,13H2,1-3H3,(H,18,21). The average Bonchev–Trinajstić information content (AvgIpc) is 2.47. The number of rotatable bonds is 5. The fourth-order valence-electron chi connectivity index (χ4n) is 3.28. The van der Waals surface area contributed by atoms with Crippen molar-refractivity contribution in [1.82, 2.24) is 15.1 Å². The molecule has 1 atom stereocenters. The van der Waals surface area contributed by atoms with Crippen molar-refractivity contribution in [2.45, 2.75) is 45.3 Å². The van der Waals surface area contributed by atoms with Crippen LogP contribution >= 0.6 is 0 Å². The van der Waals surface area contributed by atoms with Crippen LogP contribution in [0.15, 0.2) is 11.6 Å². The van der Waals surface area contributed by atoms with Crippen molar-refractivity contribution in [2.75, 3.05) is 46.4 Å². The number of amides is 1. The van der Waals surface area contributed by atoms with Gasteiger partial charge in [-0.2, -0.15) is 0 Å². The molecule has 2 heterocycles. The van der Waals surface area contributed by atoms with Gasteiger partial charge in [0.15, 0.2) is 0 Å². The third kappa shape index (κ3) is 5.71. The topological polar surface area (TPSA) is 44.8 Å². The van der Waals surface area contributed by atoms with Gasteiger partial charge in [-0.15, -0.1) is 0 Å². The Balaban J connectivity index is 1.69. The summed E-state index contributed by atoms with van der Waals surface area (Å²) in [7, 11) is 2.20. The normalized spacial score (nSPS) is 25.0. The summed E-state index contributed by atoms with van der Waals surface area (Å²) in [6.07, 6.45) is 5.32. The van der Waals surface area contributed by atoms with Crippen molar-refractivity contribution < 1.29 is 9.53 Å². The van der Waals surface area contributed by atoms with Gasteiger partial charge in [-0.3, -0.25) is 9.69 Å². The van der Waals surface area contributed by atoms with Gasteiger partial charge < -0.3 is 15.0 Å². The minimum absolute atomic E-state index is 0.00276. The van der Waals surface area contributed by atoms with Crippen molar-refractivity contribution in [2.24, 2.45) is 0 Å². The number of carbonyl (C=O) groups is 1. The zero-order chi connectivity index (χ0) is 15.9. The monoisotopic (exact) mass is 309 g/mol. The molecule has 0 aromatic rings. The van der Waals surface area contributed by atoms with Crippen LogP contribution in [0.25, 0.3) is 0 Å². The third-order valence-corrected chi connectivity index (χ3v) is 4.56. The molecule has 2 saturated heterocycles. The average molecular weight is 309 g/mol. The Morgan fingerprint density at radius 3 is 2.68 bits per heavy atom. The van der Waals surface area contributed by atoms with Crippen molar-refractivity contribution in [3.8, 4) is 0 Å². The van der Waals surface area contributed by atoms with Gasteiger partial charge in [-0.1, -0.05) is 5.57 Å². The summed E-state index contributed by atoms with van der Waals surface area (Å²) < 4.78 is 5.86. The molecule has 2 rings (SSSR count). The molecule has 2 aliphatic heterocycles. The lowest BCUT2D eigenvalue weighted by atomic mass is 10.0. The van der Waals surface area contributed by atoms with Crippen LogP contribution in [0.4, 0.5) is 0 Å². The fourth-order valence-corrected chi connectivity index (χ4v) is 3.28. The van der Waals surface area contributed by atoms with Gasteiger partial charge in [0.25, 0.3) is 0 Å². The highest BCUT2D eigenvalue weighted by Crippen LogP contribution is 2.19. The van der Waals surface area contributed by atoms with Crippen molar-refractivity contribution in [1.29, 1.82) is 0 Å². The minimum Gasteiger partial charge on any atom is -0.375 e. The van der Waals surface area contributed by atoms with E-state index in [1.54, 1.807) is 6.08 Å². The number of morpholine rings is 1. The molecule has 0 saturated carbocycles. The number of piperidine rings is 1. The van der Waals surface area contributed by atoms with Gasteiger partial charge in [-0.05, 0) is 53.2 Å². The lowest BCUT2D eigenvalue weighted by Gasteiger charge is -2.41. The SMILES string of the molecule is CC(C)=CC(=O)NCCC1CN(C2CCN(C)CC2)CCO1. The minimum atomic E-state index is 0.00276. The van der Waals surface area contributed by atoms with Crippen LogP contribution in [0.5, 0.6) is 0 Å². The number of allylic oxidation sites excluding steroid dienone is 1. The molecule has 2 aliphatic rings. The number of hydrogen-bond acceptors (Lipinski definition) is 4. The predicted octanol–water partition coefficient (Wildman–Crippen LogP) is 1.25. The second-order valence-corrected chi connectivity index (χ2v) is 6.82. The van der Waals surface area contributed by atoms with Crippen molar-refractivity contribution >= 4 is 5.91 Å². The van der Waals surface area contributed by atoms with E-state index in [9.17, 15) is 4.79 Å². The first-order valence-electron chi connectivity index (χ1n) is 8.51. The zero-order valence-electron chi connectivity index (χ0n) is 14.3. The van der Waals surface area contributed by atoms with Gasteiger partial charge >= 0.3 is 0 Å². The van der Waals surface area contributed by atoms with E-state index in [4.69, 9.17) is 4.74 Å². The van der Waals surface area contributed by atoms with E-state index in [-0.39, 0.29) is 12.0 Å². The van der Waals surface area contributed by atoms with Gasteiger partial charge in [0.1, 0.15) is 0 Å². The lowest BCUT2D eigenvalue weighted by molar-refractivity contribution is -0.116. The smallest absolute Gasteiger partial charge is 0.243 e. The summed E-state index contributed by atoms with van der Waals surface area (Å²) in [6, 6.07) is 0.711. The Kier molecular flexibility index (Phi) is 6.86. The van der Waals surface area contributed by atoms with Crippen LogP contribution in [-0.4, -0.2) is 74.2 Å². The van der Waals surface area contributed by atoms with Crippen LogP contribution < -0.4 is 5.32 Å². The van der Waals surface area contributed by atoms with E-state index in [0.29, 0.717) is 12.6 Å². The number of ether oxygens (including phenoxy) is 1. The van der Waals surface area contributed by atoms with E-state index in [0.717, 1.165) is 31.7 Å². The number of nitrogens with one attached hydrogen (secondary N) is 1. The van der Waals surface area contributed by atoms with Crippen LogP contribution in [0.2, 0.25) is 0 Å². The molecule has 0 spiro atoms. The molecule has 5 nitrogen and oxygen atoms in total. The summed E-state index contributed by atoms with van der Waals surface area (Å²) in [6.45, 7) is 9.83. The van der Waals surface area contributed by atoms with Crippen molar-refractivity contribution in [3.05, 3.63) is 11.6 Å². The maximum absolute atomic E-state index is 11.6. The summed E-state index contributed by atoms with van der Waals surface area (Å²) in [4.78, 5) is 16.6. The second-order valence-electron chi connectivity index (χ2n) is 6.82. The van der Waals surface area contributed by atoms with E-state index in [2.05, 4.69) is 22.2 Å². The highest BCUT2D eigenvalue weighted by molar-refractivity contribution is 5.87. The molecule has 1 unspecified atom stereocenters. The Morgan fingerprint density at radius 1 is 1.27 bits per heavy atom. The molecule has 0 aromatic carbocycles. The Morgan fingerprint density at radius 2 is 2.00 bits per heavy atom. The Hall–Kier alpha value is -0.910. The molecule has 0 aliphatic carbocycles. The van der Waals surface area contributed by atoms with Crippen LogP contribution in [-0.2, 0) is 9.53 Å². The molecule has 22 heavy (non-hydrogen) atoms. The highest BCUT2D eigenvalue weighted by Gasteiger charge is 2.28. The molecule has 126 valence electrons. The first-order chi connectivity index (χ1) is 10.5. The molecular weight excluding hydrogens is 278 g/mol. The maximum Gasteiger partial charge on any atom is 0.243 e. The quantitative estimate of drug-likeness (QED) is 0.777. The first-order valence-corrected chi connectivity index (χ1v) is 8.51. The molecular formula is C17H31N3O2. The van der Waals surface area contributed by atoms with Gasteiger partial charge in [-0.25, -0.2) is 0 Å². The predicted molar refractivity (Wildman–Crippen MR) is 88.9 cm³/mol. The van der Waals surface area contributed by atoms with Crippen LogP contribution in [0.3, 0.4) is 0 Å². The third-order valence-electron chi connectivity index (χ3n) is 4.56. The number of hydrogen-bond donors (Lipinski definition) is 1. The van der Waals surface area contributed by atoms with Crippen LogP contribution in [0, 0.1) is 0 Å². The number of nitrogens with zero attached hydrogens (tertiary/aromatic N) is 2. The second kappa shape index (κ2) is 8.65. The highest BCUT2D eigenvalue weighted by atomic mass is 16.5. The van der Waals surface area contributed by atoms with E-state index in [1.165, 1.54) is 25.9 Å². The molecule has 5 heteroatoms. The fraction of sp³-hybridized carbons (Fsp3) is 0.824.